The van der Waals surface area contributed by atoms with Crippen molar-refractivity contribution in [3.05, 3.63) is 65.7 Å². The number of hydrogen-bond donors (Lipinski definition) is 0. The van der Waals surface area contributed by atoms with Crippen molar-refractivity contribution in [2.24, 2.45) is 0 Å². The second-order valence-electron chi connectivity index (χ2n) is 4.08. The van der Waals surface area contributed by atoms with E-state index in [-0.39, 0.29) is 0 Å². The Hall–Kier alpha value is -1.76. The summed E-state index contributed by atoms with van der Waals surface area (Å²) in [5.74, 6) is 0.956. The molecule has 2 aromatic carbocycles. The van der Waals surface area contributed by atoms with Gasteiger partial charge in [0.2, 0.25) is 0 Å². The Morgan fingerprint density at radius 2 is 1.59 bits per heavy atom. The lowest BCUT2D eigenvalue weighted by molar-refractivity contribution is 0.317. The van der Waals surface area contributed by atoms with Crippen LogP contribution in [0.25, 0.3) is 0 Å². The highest BCUT2D eigenvalue weighted by atomic mass is 16.5. The van der Waals surface area contributed by atoms with Crippen molar-refractivity contribution >= 4 is 0 Å². The largest absolute Gasteiger partial charge is 0.494 e. The van der Waals surface area contributed by atoms with Crippen LogP contribution < -0.4 is 4.74 Å². The summed E-state index contributed by atoms with van der Waals surface area (Å²) in [5, 5.41) is 0. The van der Waals surface area contributed by atoms with Gasteiger partial charge in [0.1, 0.15) is 5.75 Å². The maximum absolute atomic E-state index is 5.56. The smallest absolute Gasteiger partial charge is 0.119 e. The van der Waals surface area contributed by atoms with E-state index in [1.807, 2.05) is 24.3 Å². The molecule has 0 amide bonds. The van der Waals surface area contributed by atoms with Crippen molar-refractivity contribution in [3.63, 3.8) is 0 Å². The number of hydrogen-bond acceptors (Lipinski definition) is 1. The van der Waals surface area contributed by atoms with Gasteiger partial charge in [0.05, 0.1) is 6.61 Å². The number of benzene rings is 2. The molecule has 0 atom stereocenters. The van der Waals surface area contributed by atoms with Crippen molar-refractivity contribution in [2.45, 2.75) is 19.8 Å². The lowest BCUT2D eigenvalue weighted by Gasteiger charge is -2.06. The average Bonchev–Trinajstić information content (AvgIpc) is 2.39. The molecule has 0 saturated heterocycles. The third kappa shape index (κ3) is 3.63. The number of ether oxygens (including phenoxy) is 1. The van der Waals surface area contributed by atoms with E-state index in [0.717, 1.165) is 25.2 Å². The molecule has 2 rings (SSSR count). The quantitative estimate of drug-likeness (QED) is 0.750. The van der Waals surface area contributed by atoms with Gasteiger partial charge >= 0.3 is 0 Å². The standard InChI is InChI=1S/C16H17O/c1-2-12-17-16-10-8-15(9-11-16)13-14-6-4-3-5-7-14/h4-11H,2,12-13H2,1H3. The van der Waals surface area contributed by atoms with Gasteiger partial charge in [0, 0.05) is 0 Å². The summed E-state index contributed by atoms with van der Waals surface area (Å²) >= 11 is 0. The first-order valence-corrected chi connectivity index (χ1v) is 6.05. The van der Waals surface area contributed by atoms with E-state index in [0.29, 0.717) is 0 Å². The van der Waals surface area contributed by atoms with E-state index < -0.39 is 0 Å². The summed E-state index contributed by atoms with van der Waals surface area (Å²) in [6.45, 7) is 2.90. The first-order valence-electron chi connectivity index (χ1n) is 6.05. The molecule has 0 aliphatic rings. The van der Waals surface area contributed by atoms with E-state index in [9.17, 15) is 0 Å². The van der Waals surface area contributed by atoms with Crippen LogP contribution in [-0.4, -0.2) is 6.61 Å². The minimum absolute atomic E-state index is 0.786. The molecule has 1 radical (unpaired) electrons. The normalized spacial score (nSPS) is 10.2. The molecule has 0 spiro atoms. The van der Waals surface area contributed by atoms with Crippen LogP contribution in [0.3, 0.4) is 0 Å². The Labute approximate surface area is 103 Å². The Balaban J connectivity index is 1.98. The van der Waals surface area contributed by atoms with E-state index in [1.165, 1.54) is 11.1 Å². The highest BCUT2D eigenvalue weighted by Crippen LogP contribution is 2.15. The molecule has 0 bridgehead atoms. The molecule has 0 heterocycles. The molecule has 0 aliphatic heterocycles. The van der Waals surface area contributed by atoms with E-state index in [1.54, 1.807) is 0 Å². The second kappa shape index (κ2) is 6.09. The van der Waals surface area contributed by atoms with Crippen LogP contribution in [0.4, 0.5) is 0 Å². The van der Waals surface area contributed by atoms with Gasteiger partial charge in [0.15, 0.2) is 0 Å². The Morgan fingerprint density at radius 3 is 2.24 bits per heavy atom. The molecule has 0 aromatic heterocycles. The Kier molecular flexibility index (Phi) is 4.20. The van der Waals surface area contributed by atoms with Crippen LogP contribution in [0.15, 0.2) is 48.5 Å². The molecule has 87 valence electrons. The van der Waals surface area contributed by atoms with Gasteiger partial charge in [-0.2, -0.15) is 0 Å². The zero-order chi connectivity index (χ0) is 11.9. The van der Waals surface area contributed by atoms with Gasteiger partial charge in [0.25, 0.3) is 0 Å². The summed E-state index contributed by atoms with van der Waals surface area (Å²) in [7, 11) is 0. The summed E-state index contributed by atoms with van der Waals surface area (Å²) in [6.07, 6.45) is 2.00. The molecule has 0 saturated carbocycles. The lowest BCUT2D eigenvalue weighted by Crippen LogP contribution is -1.95. The summed E-state index contributed by atoms with van der Waals surface area (Å²) in [6, 6.07) is 19.5. The van der Waals surface area contributed by atoms with Crippen LogP contribution in [-0.2, 0) is 6.42 Å². The van der Waals surface area contributed by atoms with E-state index in [2.05, 4.69) is 37.3 Å². The van der Waals surface area contributed by atoms with Gasteiger partial charge in [-0.05, 0) is 42.2 Å². The summed E-state index contributed by atoms with van der Waals surface area (Å²) in [5.41, 5.74) is 2.62. The zero-order valence-corrected chi connectivity index (χ0v) is 10.1. The molecule has 1 nitrogen and oxygen atoms in total. The van der Waals surface area contributed by atoms with Crippen LogP contribution >= 0.6 is 0 Å². The van der Waals surface area contributed by atoms with Gasteiger partial charge in [-0.25, -0.2) is 0 Å². The van der Waals surface area contributed by atoms with Gasteiger partial charge in [-0.15, -0.1) is 0 Å². The van der Waals surface area contributed by atoms with Crippen molar-refractivity contribution in [1.29, 1.82) is 0 Å². The molecule has 2 aromatic rings. The molecular formula is C16H17O. The lowest BCUT2D eigenvalue weighted by atomic mass is 10.1. The fourth-order valence-corrected chi connectivity index (χ4v) is 1.70. The van der Waals surface area contributed by atoms with Gasteiger partial charge in [-0.1, -0.05) is 43.3 Å². The maximum atomic E-state index is 5.56. The topological polar surface area (TPSA) is 9.23 Å². The van der Waals surface area contributed by atoms with E-state index in [4.69, 9.17) is 4.74 Å². The monoisotopic (exact) mass is 225 g/mol. The predicted molar refractivity (Wildman–Crippen MR) is 70.3 cm³/mol. The Bertz CT molecular complexity index is 431. The zero-order valence-electron chi connectivity index (χ0n) is 10.1. The minimum Gasteiger partial charge on any atom is -0.494 e. The second-order valence-corrected chi connectivity index (χ2v) is 4.08. The van der Waals surface area contributed by atoms with Gasteiger partial charge < -0.3 is 4.74 Å². The van der Waals surface area contributed by atoms with Crippen molar-refractivity contribution < 1.29 is 4.74 Å². The fraction of sp³-hybridized carbons (Fsp3) is 0.250. The Morgan fingerprint density at radius 1 is 0.941 bits per heavy atom. The summed E-state index contributed by atoms with van der Waals surface area (Å²) in [4.78, 5) is 0. The number of rotatable bonds is 5. The predicted octanol–water partition coefficient (Wildman–Crippen LogP) is 3.87. The third-order valence-corrected chi connectivity index (χ3v) is 2.59. The fourth-order valence-electron chi connectivity index (χ4n) is 1.70. The highest BCUT2D eigenvalue weighted by Gasteiger charge is 1.97. The molecule has 0 aliphatic carbocycles. The van der Waals surface area contributed by atoms with Crippen LogP contribution in [0.5, 0.6) is 5.75 Å². The van der Waals surface area contributed by atoms with Crippen LogP contribution in [0, 0.1) is 6.07 Å². The highest BCUT2D eigenvalue weighted by molar-refractivity contribution is 5.31. The van der Waals surface area contributed by atoms with Crippen molar-refractivity contribution in [2.75, 3.05) is 6.61 Å². The maximum Gasteiger partial charge on any atom is 0.119 e. The minimum atomic E-state index is 0.786. The van der Waals surface area contributed by atoms with Crippen LogP contribution in [0.1, 0.15) is 24.5 Å². The van der Waals surface area contributed by atoms with Crippen LogP contribution in [0.2, 0.25) is 0 Å². The first kappa shape index (κ1) is 11.7. The third-order valence-electron chi connectivity index (χ3n) is 2.59. The van der Waals surface area contributed by atoms with Crippen molar-refractivity contribution in [1.82, 2.24) is 0 Å². The van der Waals surface area contributed by atoms with Gasteiger partial charge in [-0.3, -0.25) is 0 Å². The van der Waals surface area contributed by atoms with E-state index >= 15 is 0 Å². The average molecular weight is 225 g/mol. The summed E-state index contributed by atoms with van der Waals surface area (Å²) < 4.78 is 5.56. The SMILES string of the molecule is CCCOc1ccc(Cc2cc[c]cc2)cc1. The van der Waals surface area contributed by atoms with Crippen molar-refractivity contribution in [3.8, 4) is 5.75 Å². The molecule has 1 heteroatoms. The molecule has 0 fully saturated rings. The molecule has 0 unspecified atom stereocenters. The molecular weight excluding hydrogens is 208 g/mol. The molecule has 0 N–H and O–H groups in total. The molecule has 17 heavy (non-hydrogen) atoms. The first-order chi connectivity index (χ1) is 8.38.